The molecule has 0 unspecified atom stereocenters. The van der Waals surface area contributed by atoms with Crippen molar-refractivity contribution < 1.29 is 22.7 Å². The van der Waals surface area contributed by atoms with Crippen molar-refractivity contribution in [3.8, 4) is 0 Å². The van der Waals surface area contributed by atoms with Crippen molar-refractivity contribution in [2.24, 2.45) is 0 Å². The van der Waals surface area contributed by atoms with Crippen LogP contribution in [0.4, 0.5) is 0 Å². The Labute approximate surface area is 117 Å². The zero-order chi connectivity index (χ0) is 15.2. The highest BCUT2D eigenvalue weighted by molar-refractivity contribution is 7.90. The van der Waals surface area contributed by atoms with Crippen molar-refractivity contribution in [3.63, 3.8) is 0 Å². The lowest BCUT2D eigenvalue weighted by molar-refractivity contribution is -0.137. The Kier molecular flexibility index (Phi) is 5.45. The zero-order valence-corrected chi connectivity index (χ0v) is 11.9. The number of carbonyl (C=O) groups excluding carboxylic acids is 2. The number of esters is 1. The van der Waals surface area contributed by atoms with Gasteiger partial charge in [0.05, 0.1) is 11.5 Å². The van der Waals surface area contributed by atoms with E-state index >= 15 is 0 Å². The van der Waals surface area contributed by atoms with E-state index in [0.717, 1.165) is 17.7 Å². The molecule has 1 aromatic rings. The highest BCUT2D eigenvalue weighted by Gasteiger charge is 2.15. The monoisotopic (exact) mass is 297 g/mol. The molecule has 1 N–H and O–H groups in total. The summed E-state index contributed by atoms with van der Waals surface area (Å²) in [6.07, 6.45) is 1.67. The quantitative estimate of drug-likeness (QED) is 0.645. The minimum atomic E-state index is -3.94. The Hall–Kier alpha value is -2.15. The molecule has 108 valence electrons. The maximum absolute atomic E-state index is 11.8. The molecule has 6 nitrogen and oxygen atoms in total. The number of sulfonamides is 1. The van der Waals surface area contributed by atoms with Gasteiger partial charge in [-0.1, -0.05) is 17.7 Å². The molecule has 0 fully saturated rings. The fourth-order valence-electron chi connectivity index (χ4n) is 1.28. The first-order valence-corrected chi connectivity index (χ1v) is 7.31. The summed E-state index contributed by atoms with van der Waals surface area (Å²) in [6.45, 7) is 3.61. The maximum atomic E-state index is 11.8. The Morgan fingerprint density at radius 1 is 1.20 bits per heavy atom. The number of hydrogen-bond donors (Lipinski definition) is 1. The van der Waals surface area contributed by atoms with Gasteiger partial charge in [0.25, 0.3) is 15.9 Å². The Morgan fingerprint density at radius 3 is 2.35 bits per heavy atom. The maximum Gasteiger partial charge on any atom is 0.330 e. The van der Waals surface area contributed by atoms with Crippen LogP contribution in [0, 0.1) is 6.92 Å². The molecule has 0 saturated carbocycles. The smallest absolute Gasteiger partial charge is 0.330 e. The molecule has 1 amide bonds. The van der Waals surface area contributed by atoms with Crippen LogP contribution in [0.2, 0.25) is 0 Å². The van der Waals surface area contributed by atoms with E-state index < -0.39 is 21.9 Å². The summed E-state index contributed by atoms with van der Waals surface area (Å²) in [6, 6.07) is 6.01. The topological polar surface area (TPSA) is 89.5 Å². The van der Waals surface area contributed by atoms with Gasteiger partial charge in [-0.2, -0.15) is 0 Å². The van der Waals surface area contributed by atoms with Gasteiger partial charge in [0, 0.05) is 12.2 Å². The molecule has 0 aliphatic carbocycles. The third kappa shape index (κ3) is 4.85. The summed E-state index contributed by atoms with van der Waals surface area (Å²) >= 11 is 0. The molecule has 7 heteroatoms. The Balaban J connectivity index is 2.74. The molecule has 1 aromatic carbocycles. The van der Waals surface area contributed by atoms with E-state index in [0.29, 0.717) is 0 Å². The van der Waals surface area contributed by atoms with Crippen LogP contribution < -0.4 is 4.72 Å². The SMILES string of the molecule is CCOC(=O)/C=C/C(=O)NS(=O)(=O)c1ccc(C)cc1. The van der Waals surface area contributed by atoms with Crippen LogP contribution in [0.5, 0.6) is 0 Å². The van der Waals surface area contributed by atoms with E-state index in [4.69, 9.17) is 0 Å². The van der Waals surface area contributed by atoms with E-state index in [-0.39, 0.29) is 11.5 Å². The number of benzene rings is 1. The van der Waals surface area contributed by atoms with Crippen molar-refractivity contribution in [1.82, 2.24) is 4.72 Å². The summed E-state index contributed by atoms with van der Waals surface area (Å²) in [5.74, 6) is -1.63. The predicted molar refractivity (Wildman–Crippen MR) is 72.3 cm³/mol. The van der Waals surface area contributed by atoms with E-state index in [1.165, 1.54) is 12.1 Å². The molecule has 0 bridgehead atoms. The third-order valence-electron chi connectivity index (χ3n) is 2.22. The average molecular weight is 297 g/mol. The van der Waals surface area contributed by atoms with Crippen LogP contribution in [0.15, 0.2) is 41.3 Å². The molecule has 0 heterocycles. The molecule has 0 radical (unpaired) electrons. The molecule has 0 atom stereocenters. The molecule has 0 aliphatic rings. The second kappa shape index (κ2) is 6.85. The highest BCUT2D eigenvalue weighted by atomic mass is 32.2. The van der Waals surface area contributed by atoms with Gasteiger partial charge >= 0.3 is 5.97 Å². The number of carbonyl (C=O) groups is 2. The number of ether oxygens (including phenoxy) is 1. The Morgan fingerprint density at radius 2 is 1.80 bits per heavy atom. The second-order valence-electron chi connectivity index (χ2n) is 3.87. The van der Waals surface area contributed by atoms with Gasteiger partial charge in [-0.3, -0.25) is 4.79 Å². The summed E-state index contributed by atoms with van der Waals surface area (Å²) in [4.78, 5) is 22.4. The predicted octanol–water partition coefficient (Wildman–Crippen LogP) is 0.919. The van der Waals surface area contributed by atoms with Gasteiger partial charge in [-0.15, -0.1) is 0 Å². The molecule has 0 aliphatic heterocycles. The molecule has 0 spiro atoms. The van der Waals surface area contributed by atoms with Crippen molar-refractivity contribution in [2.75, 3.05) is 6.61 Å². The van der Waals surface area contributed by atoms with Gasteiger partial charge in [0.2, 0.25) is 0 Å². The van der Waals surface area contributed by atoms with Gasteiger partial charge in [-0.05, 0) is 26.0 Å². The fourth-order valence-corrected chi connectivity index (χ4v) is 2.22. The highest BCUT2D eigenvalue weighted by Crippen LogP contribution is 2.09. The van der Waals surface area contributed by atoms with Crippen LogP contribution in [0.25, 0.3) is 0 Å². The number of amides is 1. The number of aryl methyl sites for hydroxylation is 1. The summed E-state index contributed by atoms with van der Waals surface area (Å²) in [7, 11) is -3.94. The zero-order valence-electron chi connectivity index (χ0n) is 11.1. The van der Waals surface area contributed by atoms with E-state index in [1.54, 1.807) is 19.1 Å². The van der Waals surface area contributed by atoms with Gasteiger partial charge in [0.1, 0.15) is 0 Å². The van der Waals surface area contributed by atoms with Crippen LogP contribution in [0.3, 0.4) is 0 Å². The van der Waals surface area contributed by atoms with E-state index in [2.05, 4.69) is 4.74 Å². The molecule has 1 rings (SSSR count). The minimum absolute atomic E-state index is 0.0269. The van der Waals surface area contributed by atoms with Crippen molar-refractivity contribution in [2.45, 2.75) is 18.7 Å². The first-order valence-electron chi connectivity index (χ1n) is 5.83. The van der Waals surface area contributed by atoms with Crippen molar-refractivity contribution in [3.05, 3.63) is 42.0 Å². The number of hydrogen-bond acceptors (Lipinski definition) is 5. The molecule has 0 aromatic heterocycles. The second-order valence-corrected chi connectivity index (χ2v) is 5.55. The number of nitrogens with one attached hydrogen (secondary N) is 1. The van der Waals surface area contributed by atoms with Crippen LogP contribution in [-0.2, 0) is 24.3 Å². The van der Waals surface area contributed by atoms with Gasteiger partial charge < -0.3 is 4.74 Å². The lowest BCUT2D eigenvalue weighted by Gasteiger charge is -2.04. The fraction of sp³-hybridized carbons (Fsp3) is 0.231. The molecular formula is C13H15NO5S. The molecule has 20 heavy (non-hydrogen) atoms. The van der Waals surface area contributed by atoms with E-state index in [9.17, 15) is 18.0 Å². The van der Waals surface area contributed by atoms with Crippen molar-refractivity contribution in [1.29, 1.82) is 0 Å². The average Bonchev–Trinajstić information content (AvgIpc) is 2.37. The standard InChI is InChI=1S/C13H15NO5S/c1-3-19-13(16)9-8-12(15)14-20(17,18)11-6-4-10(2)5-7-11/h4-9H,3H2,1-2H3,(H,14,15)/b9-8+. The van der Waals surface area contributed by atoms with Crippen LogP contribution in [-0.4, -0.2) is 26.9 Å². The largest absolute Gasteiger partial charge is 0.463 e. The Bertz CT molecular complexity index is 617. The third-order valence-corrected chi connectivity index (χ3v) is 3.59. The first-order chi connectivity index (χ1) is 9.35. The lowest BCUT2D eigenvalue weighted by atomic mass is 10.2. The molecule has 0 saturated heterocycles. The minimum Gasteiger partial charge on any atom is -0.463 e. The van der Waals surface area contributed by atoms with E-state index in [1.807, 2.05) is 11.6 Å². The normalized spacial score (nSPS) is 11.3. The number of rotatable bonds is 5. The lowest BCUT2D eigenvalue weighted by Crippen LogP contribution is -2.29. The molecular weight excluding hydrogens is 282 g/mol. The summed E-state index contributed by atoms with van der Waals surface area (Å²) in [5.41, 5.74) is 0.900. The summed E-state index contributed by atoms with van der Waals surface area (Å²) in [5, 5.41) is 0. The van der Waals surface area contributed by atoms with Crippen LogP contribution >= 0.6 is 0 Å². The first kappa shape index (κ1) is 15.9. The summed E-state index contributed by atoms with van der Waals surface area (Å²) < 4.78 is 30.1. The van der Waals surface area contributed by atoms with Crippen molar-refractivity contribution >= 4 is 21.9 Å². The van der Waals surface area contributed by atoms with Crippen LogP contribution in [0.1, 0.15) is 12.5 Å². The van der Waals surface area contributed by atoms with Gasteiger partial charge in [0.15, 0.2) is 0 Å². The van der Waals surface area contributed by atoms with Gasteiger partial charge in [-0.25, -0.2) is 17.9 Å².